The van der Waals surface area contributed by atoms with Gasteiger partial charge in [0.1, 0.15) is 11.3 Å². The second-order valence-electron chi connectivity index (χ2n) is 10.6. The van der Waals surface area contributed by atoms with Crippen molar-refractivity contribution in [1.82, 2.24) is 9.88 Å². The summed E-state index contributed by atoms with van der Waals surface area (Å²) >= 11 is 0. The summed E-state index contributed by atoms with van der Waals surface area (Å²) < 4.78 is 66.3. The molecule has 6 nitrogen and oxygen atoms in total. The zero-order chi connectivity index (χ0) is 24.8. The maximum absolute atomic E-state index is 13.2. The van der Waals surface area contributed by atoms with Crippen molar-refractivity contribution in [3.63, 3.8) is 0 Å². The van der Waals surface area contributed by atoms with Gasteiger partial charge in [0.2, 0.25) is 0 Å². The average molecular weight is 503 g/mol. The Hall–Kier alpha value is -1.84. The fourth-order valence-corrected chi connectivity index (χ4v) is 8.00. The number of hydrogen-bond donors (Lipinski definition) is 1. The standard InChI is InChI=1S/C24H33F3N2O4S/c1-14-9-20(24(25,26)27)29(2)23(31)21(14)22(30)28-12-18-11-17(10-15-3-4-15)7-8-19(18)34(32,33)13-16-5-6-16/h9,15-19H,3-8,10-13H2,1-2H3,(H,28,30). The predicted molar refractivity (Wildman–Crippen MR) is 122 cm³/mol. The third-order valence-corrected chi connectivity index (χ3v) is 10.2. The van der Waals surface area contributed by atoms with Crippen LogP contribution >= 0.6 is 0 Å². The van der Waals surface area contributed by atoms with E-state index < -0.39 is 38.4 Å². The largest absolute Gasteiger partial charge is 0.431 e. The predicted octanol–water partition coefficient (Wildman–Crippen LogP) is 3.85. The van der Waals surface area contributed by atoms with Crippen molar-refractivity contribution in [1.29, 1.82) is 0 Å². The number of alkyl halides is 3. The van der Waals surface area contributed by atoms with Gasteiger partial charge in [-0.1, -0.05) is 12.8 Å². The summed E-state index contributed by atoms with van der Waals surface area (Å²) in [5.74, 6) is 0.550. The van der Waals surface area contributed by atoms with Gasteiger partial charge >= 0.3 is 6.18 Å². The van der Waals surface area contributed by atoms with E-state index in [-0.39, 0.29) is 35.3 Å². The minimum atomic E-state index is -4.71. The fraction of sp³-hybridized carbons (Fsp3) is 0.750. The first-order chi connectivity index (χ1) is 15.9. The van der Waals surface area contributed by atoms with Crippen molar-refractivity contribution in [2.45, 2.75) is 69.7 Å². The van der Waals surface area contributed by atoms with Gasteiger partial charge in [0, 0.05) is 13.6 Å². The maximum Gasteiger partial charge on any atom is 0.431 e. The summed E-state index contributed by atoms with van der Waals surface area (Å²) in [7, 11) is -2.31. The van der Waals surface area contributed by atoms with Crippen LogP contribution in [0.3, 0.4) is 0 Å². The summed E-state index contributed by atoms with van der Waals surface area (Å²) in [6.45, 7) is 1.40. The number of carbonyl (C=O) groups excluding carboxylic acids is 1. The second kappa shape index (κ2) is 9.32. The Morgan fingerprint density at radius 3 is 2.29 bits per heavy atom. The molecule has 34 heavy (non-hydrogen) atoms. The molecule has 1 aromatic heterocycles. The quantitative estimate of drug-likeness (QED) is 0.585. The van der Waals surface area contributed by atoms with Crippen LogP contribution in [0.25, 0.3) is 0 Å². The molecule has 3 aliphatic rings. The Bertz CT molecular complexity index is 1100. The molecule has 4 rings (SSSR count). The topological polar surface area (TPSA) is 85.2 Å². The van der Waals surface area contributed by atoms with E-state index in [1.54, 1.807) is 0 Å². The molecule has 0 aromatic carbocycles. The zero-order valence-electron chi connectivity index (χ0n) is 19.7. The monoisotopic (exact) mass is 502 g/mol. The van der Waals surface area contributed by atoms with E-state index in [2.05, 4.69) is 5.32 Å². The van der Waals surface area contributed by atoms with Crippen molar-refractivity contribution in [3.05, 3.63) is 33.2 Å². The van der Waals surface area contributed by atoms with Crippen molar-refractivity contribution in [2.24, 2.45) is 30.7 Å². The number of sulfone groups is 1. The molecular formula is C24H33F3N2O4S. The number of rotatable bonds is 8. The minimum absolute atomic E-state index is 0.0546. The van der Waals surface area contributed by atoms with Gasteiger partial charge in [0.05, 0.1) is 11.0 Å². The molecule has 0 spiro atoms. The molecular weight excluding hydrogens is 469 g/mol. The molecule has 3 atom stereocenters. The maximum atomic E-state index is 13.2. The Kier molecular flexibility index (Phi) is 6.92. The molecule has 3 saturated carbocycles. The van der Waals surface area contributed by atoms with Crippen molar-refractivity contribution in [2.75, 3.05) is 12.3 Å². The number of nitrogens with one attached hydrogen (secondary N) is 1. The molecule has 1 aromatic rings. The normalized spacial score (nSPS) is 25.9. The van der Waals surface area contributed by atoms with Crippen LogP contribution in [0.15, 0.2) is 10.9 Å². The molecule has 10 heteroatoms. The van der Waals surface area contributed by atoms with Crippen LogP contribution in [0.5, 0.6) is 0 Å². The van der Waals surface area contributed by atoms with E-state index in [0.29, 0.717) is 23.3 Å². The Balaban J connectivity index is 1.51. The van der Waals surface area contributed by atoms with Crippen LogP contribution in [0.4, 0.5) is 13.2 Å². The first-order valence-electron chi connectivity index (χ1n) is 12.1. The fourth-order valence-electron chi connectivity index (χ4n) is 5.48. The summed E-state index contributed by atoms with van der Waals surface area (Å²) in [6, 6.07) is 0.797. The van der Waals surface area contributed by atoms with Crippen molar-refractivity contribution >= 4 is 15.7 Å². The molecule has 3 unspecified atom stereocenters. The highest BCUT2D eigenvalue weighted by atomic mass is 32.2. The molecule has 3 aliphatic carbocycles. The third-order valence-electron chi connectivity index (χ3n) is 7.68. The lowest BCUT2D eigenvalue weighted by Crippen LogP contribution is -2.44. The van der Waals surface area contributed by atoms with Crippen LogP contribution in [0.2, 0.25) is 0 Å². The summed E-state index contributed by atoms with van der Waals surface area (Å²) in [6.07, 6.45) is 2.84. The smallest absolute Gasteiger partial charge is 0.352 e. The van der Waals surface area contributed by atoms with E-state index >= 15 is 0 Å². The molecule has 190 valence electrons. The van der Waals surface area contributed by atoms with Crippen molar-refractivity contribution in [3.8, 4) is 0 Å². The number of hydrogen-bond acceptors (Lipinski definition) is 4. The van der Waals surface area contributed by atoms with Gasteiger partial charge in [-0.2, -0.15) is 13.2 Å². The molecule has 0 aliphatic heterocycles. The van der Waals surface area contributed by atoms with E-state index in [1.165, 1.54) is 19.8 Å². The molecule has 1 heterocycles. The summed E-state index contributed by atoms with van der Waals surface area (Å²) in [5.41, 5.74) is -2.52. The zero-order valence-corrected chi connectivity index (χ0v) is 20.5. The van der Waals surface area contributed by atoms with Gasteiger partial charge in [0.25, 0.3) is 11.5 Å². The van der Waals surface area contributed by atoms with Crippen LogP contribution < -0.4 is 10.9 Å². The molecule has 1 N–H and O–H groups in total. The van der Waals surface area contributed by atoms with Gasteiger partial charge < -0.3 is 9.88 Å². The molecule has 3 fully saturated rings. The lowest BCUT2D eigenvalue weighted by molar-refractivity contribution is -0.143. The number of halogens is 3. The van der Waals surface area contributed by atoms with E-state index in [4.69, 9.17) is 0 Å². The SMILES string of the molecule is Cc1cc(C(F)(F)F)n(C)c(=O)c1C(=O)NCC1CC(CC2CC2)CCC1S(=O)(=O)CC1CC1. The van der Waals surface area contributed by atoms with Crippen LogP contribution in [0.1, 0.15) is 73.0 Å². The summed E-state index contributed by atoms with van der Waals surface area (Å²) in [5, 5.41) is 2.17. The Labute approximate surface area is 198 Å². The molecule has 1 amide bonds. The lowest BCUT2D eigenvalue weighted by Gasteiger charge is -2.36. The number of amides is 1. The molecule has 0 saturated heterocycles. The third kappa shape index (κ3) is 5.69. The van der Waals surface area contributed by atoms with Crippen LogP contribution in [-0.4, -0.2) is 36.4 Å². The highest BCUT2D eigenvalue weighted by Gasteiger charge is 2.42. The van der Waals surface area contributed by atoms with Gasteiger partial charge in [0.15, 0.2) is 9.84 Å². The van der Waals surface area contributed by atoms with E-state index in [1.807, 2.05) is 0 Å². The second-order valence-corrected chi connectivity index (χ2v) is 12.9. The van der Waals surface area contributed by atoms with Gasteiger partial charge in [-0.15, -0.1) is 0 Å². The van der Waals surface area contributed by atoms with E-state index in [0.717, 1.165) is 44.7 Å². The average Bonchev–Trinajstić information content (AvgIpc) is 3.66. The number of carbonyl (C=O) groups is 1. The van der Waals surface area contributed by atoms with E-state index in [9.17, 15) is 31.2 Å². The number of aromatic nitrogens is 1. The Morgan fingerprint density at radius 1 is 1.09 bits per heavy atom. The van der Waals surface area contributed by atoms with Gasteiger partial charge in [-0.25, -0.2) is 8.42 Å². The number of pyridine rings is 1. The molecule has 0 bridgehead atoms. The van der Waals surface area contributed by atoms with Crippen LogP contribution in [-0.2, 0) is 23.1 Å². The lowest BCUT2D eigenvalue weighted by atomic mass is 9.78. The Morgan fingerprint density at radius 2 is 1.71 bits per heavy atom. The first kappa shape index (κ1) is 25.3. The van der Waals surface area contributed by atoms with Gasteiger partial charge in [-0.05, 0) is 80.8 Å². The highest BCUT2D eigenvalue weighted by Crippen LogP contribution is 2.43. The minimum Gasteiger partial charge on any atom is -0.352 e. The highest BCUT2D eigenvalue weighted by molar-refractivity contribution is 7.92. The van der Waals surface area contributed by atoms with Gasteiger partial charge in [-0.3, -0.25) is 9.59 Å². The molecule has 0 radical (unpaired) electrons. The summed E-state index contributed by atoms with van der Waals surface area (Å²) in [4.78, 5) is 25.5. The van der Waals surface area contributed by atoms with Crippen molar-refractivity contribution < 1.29 is 26.4 Å². The first-order valence-corrected chi connectivity index (χ1v) is 13.9. The van der Waals surface area contributed by atoms with Crippen LogP contribution in [0, 0.1) is 30.6 Å². The number of aryl methyl sites for hydroxylation is 1. The number of nitrogens with zero attached hydrogens (tertiary/aromatic N) is 1.